The minimum Gasteiger partial charge on any atom is -0.309 e. The van der Waals surface area contributed by atoms with Crippen LogP contribution < -0.4 is 0 Å². The number of nitrogens with zero attached hydrogens (tertiary/aromatic N) is 4. The van der Waals surface area contributed by atoms with E-state index in [1.54, 1.807) is 0 Å². The lowest BCUT2D eigenvalue weighted by atomic mass is 10.0. The molecule has 2 aromatic heterocycles. The first-order chi connectivity index (χ1) is 21.3. The Balaban J connectivity index is 1.41. The molecular weight excluding hydrogens is 524 g/mol. The number of hydrogen-bond acceptors (Lipinski definition) is 3. The van der Waals surface area contributed by atoms with E-state index in [9.17, 15) is 0 Å². The maximum absolute atomic E-state index is 5.15. The second kappa shape index (κ2) is 10.5. The van der Waals surface area contributed by atoms with Crippen molar-refractivity contribution >= 4 is 21.8 Å². The van der Waals surface area contributed by atoms with Gasteiger partial charge in [0.2, 0.25) is 0 Å². The smallest absolute Gasteiger partial charge is 0.166 e. The van der Waals surface area contributed by atoms with Crippen LogP contribution in [0.4, 0.5) is 0 Å². The van der Waals surface area contributed by atoms with E-state index in [0.717, 1.165) is 49.9 Å². The van der Waals surface area contributed by atoms with Crippen molar-refractivity contribution in [3.05, 3.63) is 158 Å². The molecule has 2 heterocycles. The highest BCUT2D eigenvalue weighted by molar-refractivity contribution is 6.13. The van der Waals surface area contributed by atoms with Crippen LogP contribution in [0, 0.1) is 0 Å². The van der Waals surface area contributed by atoms with Gasteiger partial charge in [-0.3, -0.25) is 0 Å². The van der Waals surface area contributed by atoms with Crippen LogP contribution in [0.3, 0.4) is 0 Å². The summed E-state index contributed by atoms with van der Waals surface area (Å²) in [5.74, 6) is 1.92. The maximum Gasteiger partial charge on any atom is 0.166 e. The summed E-state index contributed by atoms with van der Waals surface area (Å²) in [6, 6.07) is 54.4. The SMILES string of the molecule is c1ccc(-c2cccc(-c3nc(-c4ccccc4)nc(-c4cccc5c6ccccc6n(-c6ccccc6)c45)n3)c2)cc1. The number of hydrogen-bond donors (Lipinski definition) is 0. The molecular formula is C39H26N4. The van der Waals surface area contributed by atoms with Gasteiger partial charge >= 0.3 is 0 Å². The summed E-state index contributed by atoms with van der Waals surface area (Å²) in [5, 5.41) is 2.35. The molecule has 202 valence electrons. The average molecular weight is 551 g/mol. The summed E-state index contributed by atoms with van der Waals surface area (Å²) in [4.78, 5) is 15.3. The lowest BCUT2D eigenvalue weighted by molar-refractivity contribution is 1.07. The van der Waals surface area contributed by atoms with Gasteiger partial charge in [0.1, 0.15) is 0 Å². The second-order valence-electron chi connectivity index (χ2n) is 10.5. The normalized spacial score (nSPS) is 11.3. The van der Waals surface area contributed by atoms with Gasteiger partial charge in [0.15, 0.2) is 17.5 Å². The summed E-state index contributed by atoms with van der Waals surface area (Å²) in [6.45, 7) is 0. The molecule has 0 unspecified atom stereocenters. The Hall–Kier alpha value is -5.87. The van der Waals surface area contributed by atoms with Crippen molar-refractivity contribution in [2.24, 2.45) is 0 Å². The fourth-order valence-electron chi connectivity index (χ4n) is 5.85. The summed E-state index contributed by atoms with van der Waals surface area (Å²) < 4.78 is 2.32. The van der Waals surface area contributed by atoms with E-state index in [0.29, 0.717) is 17.5 Å². The Kier molecular flexibility index (Phi) is 6.08. The summed E-state index contributed by atoms with van der Waals surface area (Å²) in [5.41, 5.74) is 8.42. The van der Waals surface area contributed by atoms with Crippen molar-refractivity contribution in [1.29, 1.82) is 0 Å². The molecule has 0 saturated heterocycles. The Morgan fingerprint density at radius 1 is 0.372 bits per heavy atom. The van der Waals surface area contributed by atoms with E-state index < -0.39 is 0 Å². The van der Waals surface area contributed by atoms with Crippen molar-refractivity contribution in [2.45, 2.75) is 0 Å². The first kappa shape index (κ1) is 24.9. The Morgan fingerprint density at radius 3 is 1.67 bits per heavy atom. The molecule has 4 heteroatoms. The minimum atomic E-state index is 0.638. The summed E-state index contributed by atoms with van der Waals surface area (Å²) >= 11 is 0. The molecule has 0 N–H and O–H groups in total. The van der Waals surface area contributed by atoms with Crippen molar-refractivity contribution in [3.8, 4) is 51.0 Å². The minimum absolute atomic E-state index is 0.638. The van der Waals surface area contributed by atoms with E-state index in [1.165, 1.54) is 5.39 Å². The molecule has 0 radical (unpaired) electrons. The average Bonchev–Trinajstić information content (AvgIpc) is 3.44. The number of benzene rings is 6. The third kappa shape index (κ3) is 4.46. The van der Waals surface area contributed by atoms with Gasteiger partial charge in [0, 0.05) is 33.2 Å². The van der Waals surface area contributed by atoms with Crippen LogP contribution in [-0.4, -0.2) is 19.5 Å². The molecule has 43 heavy (non-hydrogen) atoms. The molecule has 0 aliphatic heterocycles. The first-order valence-corrected chi connectivity index (χ1v) is 14.4. The van der Waals surface area contributed by atoms with Gasteiger partial charge in [-0.05, 0) is 41.5 Å². The van der Waals surface area contributed by atoms with Gasteiger partial charge in [-0.2, -0.15) is 0 Å². The van der Waals surface area contributed by atoms with Crippen LogP contribution in [-0.2, 0) is 0 Å². The molecule has 0 atom stereocenters. The molecule has 6 aromatic carbocycles. The van der Waals surface area contributed by atoms with Crippen LogP contribution in [0.5, 0.6) is 0 Å². The van der Waals surface area contributed by atoms with Gasteiger partial charge < -0.3 is 4.57 Å². The Bertz CT molecular complexity index is 2220. The van der Waals surface area contributed by atoms with Crippen LogP contribution in [0.2, 0.25) is 0 Å². The lowest BCUT2D eigenvalue weighted by Crippen LogP contribution is -2.02. The Morgan fingerprint density at radius 2 is 0.907 bits per heavy atom. The Labute approximate surface area is 249 Å². The summed E-state index contributed by atoms with van der Waals surface area (Å²) in [6.07, 6.45) is 0. The highest BCUT2D eigenvalue weighted by atomic mass is 15.0. The molecule has 8 aromatic rings. The highest BCUT2D eigenvalue weighted by Gasteiger charge is 2.19. The standard InChI is InChI=1S/C39H26N4/c1-4-14-27(15-5-1)29-18-12-19-30(26-29)38-40-37(28-16-6-2-7-17-28)41-39(42-38)34-24-13-23-33-32-22-10-11-25-35(32)43(36(33)34)31-20-8-3-9-21-31/h1-26H. The molecule has 0 bridgehead atoms. The zero-order valence-corrected chi connectivity index (χ0v) is 23.3. The van der Waals surface area contributed by atoms with Gasteiger partial charge in [0.05, 0.1) is 11.0 Å². The molecule has 4 nitrogen and oxygen atoms in total. The molecule has 0 aliphatic carbocycles. The van der Waals surface area contributed by atoms with Crippen molar-refractivity contribution in [1.82, 2.24) is 19.5 Å². The molecule has 0 aliphatic rings. The number of aromatic nitrogens is 4. The molecule has 0 amide bonds. The molecule has 0 spiro atoms. The molecule has 8 rings (SSSR count). The van der Waals surface area contributed by atoms with Crippen molar-refractivity contribution in [3.63, 3.8) is 0 Å². The van der Waals surface area contributed by atoms with Gasteiger partial charge in [-0.25, -0.2) is 15.0 Å². The van der Waals surface area contributed by atoms with Crippen molar-refractivity contribution < 1.29 is 0 Å². The van der Waals surface area contributed by atoms with E-state index in [2.05, 4.69) is 120 Å². The van der Waals surface area contributed by atoms with Crippen molar-refractivity contribution in [2.75, 3.05) is 0 Å². The van der Waals surface area contributed by atoms with E-state index in [1.807, 2.05) is 42.5 Å². The van der Waals surface area contributed by atoms with Crippen LogP contribution in [0.1, 0.15) is 0 Å². The quantitative estimate of drug-likeness (QED) is 0.214. The lowest BCUT2D eigenvalue weighted by Gasteiger charge is -2.13. The van der Waals surface area contributed by atoms with Crippen LogP contribution >= 0.6 is 0 Å². The zero-order chi connectivity index (χ0) is 28.6. The van der Waals surface area contributed by atoms with Gasteiger partial charge in [0.25, 0.3) is 0 Å². The number of para-hydroxylation sites is 3. The maximum atomic E-state index is 5.15. The fraction of sp³-hybridized carbons (Fsp3) is 0. The summed E-state index contributed by atoms with van der Waals surface area (Å²) in [7, 11) is 0. The third-order valence-corrected chi connectivity index (χ3v) is 7.85. The second-order valence-corrected chi connectivity index (χ2v) is 10.5. The van der Waals surface area contributed by atoms with Gasteiger partial charge in [-0.15, -0.1) is 0 Å². The monoisotopic (exact) mass is 550 g/mol. The van der Waals surface area contributed by atoms with Crippen LogP contribution in [0.25, 0.3) is 72.8 Å². The van der Waals surface area contributed by atoms with E-state index >= 15 is 0 Å². The number of fused-ring (bicyclic) bond motifs is 3. The third-order valence-electron chi connectivity index (χ3n) is 7.85. The first-order valence-electron chi connectivity index (χ1n) is 14.4. The van der Waals surface area contributed by atoms with Gasteiger partial charge in [-0.1, -0.05) is 127 Å². The predicted molar refractivity (Wildman–Crippen MR) is 176 cm³/mol. The number of rotatable bonds is 5. The topological polar surface area (TPSA) is 43.6 Å². The molecule has 0 fully saturated rings. The zero-order valence-electron chi connectivity index (χ0n) is 23.3. The van der Waals surface area contributed by atoms with Crippen LogP contribution in [0.15, 0.2) is 158 Å². The highest BCUT2D eigenvalue weighted by Crippen LogP contribution is 2.38. The fourth-order valence-corrected chi connectivity index (χ4v) is 5.85. The molecule has 0 saturated carbocycles. The van der Waals surface area contributed by atoms with E-state index in [4.69, 9.17) is 15.0 Å². The largest absolute Gasteiger partial charge is 0.309 e. The predicted octanol–water partition coefficient (Wildman–Crippen LogP) is 9.64. The van der Waals surface area contributed by atoms with E-state index in [-0.39, 0.29) is 0 Å².